The molecule has 0 aromatic heterocycles. The van der Waals surface area contributed by atoms with Crippen molar-refractivity contribution in [2.75, 3.05) is 33.6 Å². The Morgan fingerprint density at radius 1 is 1.18 bits per heavy atom. The molecule has 0 saturated carbocycles. The number of carbonyl (C=O) groups is 1. The summed E-state index contributed by atoms with van der Waals surface area (Å²) in [5.74, 6) is 0.495. The first-order valence-corrected chi connectivity index (χ1v) is 11.4. The summed E-state index contributed by atoms with van der Waals surface area (Å²) in [4.78, 5) is 14.8. The fraction of sp³-hybridized carbons (Fsp3) is 0.650. The molecule has 0 aliphatic carbocycles. The molecule has 0 aliphatic heterocycles. The number of methoxy groups -OCH3 is 2. The van der Waals surface area contributed by atoms with E-state index >= 15 is 0 Å². The molecule has 0 bridgehead atoms. The number of ether oxygens (including phenoxy) is 2. The summed E-state index contributed by atoms with van der Waals surface area (Å²) in [7, 11) is -0.651. The maximum Gasteiger partial charge on any atom is 0.306 e. The van der Waals surface area contributed by atoms with Crippen molar-refractivity contribution in [3.8, 4) is 11.5 Å². The van der Waals surface area contributed by atoms with E-state index in [2.05, 4.69) is 6.92 Å². The summed E-state index contributed by atoms with van der Waals surface area (Å²) in [6, 6.07) is 5.04. The molecule has 1 rings (SSSR count). The molecular weight excluding hydrogens is 382 g/mol. The van der Waals surface area contributed by atoms with Crippen molar-refractivity contribution < 1.29 is 26.9 Å². The van der Waals surface area contributed by atoms with Gasteiger partial charge in [-0.1, -0.05) is 32.8 Å². The van der Waals surface area contributed by atoms with Gasteiger partial charge in [0.05, 0.1) is 20.0 Å². The standard InChI is InChI=1S/C20H33NO6S/c1-6-8-9-17(7-2)20(22)21(12-13-25-3)15-16-10-11-18(26-4)19(14-16)27-28(5,23)24/h10-11,14,17H,6-9,12-13,15H2,1-5H3/t17-/m0/s1. The predicted molar refractivity (Wildman–Crippen MR) is 109 cm³/mol. The number of amides is 1. The van der Waals surface area contributed by atoms with E-state index in [-0.39, 0.29) is 17.6 Å². The molecule has 0 radical (unpaired) electrons. The van der Waals surface area contributed by atoms with Gasteiger partial charge in [-0.05, 0) is 30.5 Å². The zero-order chi connectivity index (χ0) is 21.2. The van der Waals surface area contributed by atoms with Gasteiger partial charge < -0.3 is 18.6 Å². The van der Waals surface area contributed by atoms with Crippen molar-refractivity contribution in [1.82, 2.24) is 4.90 Å². The smallest absolute Gasteiger partial charge is 0.306 e. The molecule has 1 aromatic rings. The molecule has 0 fully saturated rings. The molecule has 0 unspecified atom stereocenters. The molecule has 0 heterocycles. The van der Waals surface area contributed by atoms with Crippen LogP contribution in [0.3, 0.4) is 0 Å². The second kappa shape index (κ2) is 11.9. The van der Waals surface area contributed by atoms with Crippen molar-refractivity contribution in [2.45, 2.75) is 46.1 Å². The van der Waals surface area contributed by atoms with Crippen LogP contribution < -0.4 is 8.92 Å². The summed E-state index contributed by atoms with van der Waals surface area (Å²) in [5, 5.41) is 0. The Morgan fingerprint density at radius 3 is 2.43 bits per heavy atom. The van der Waals surface area contributed by atoms with Crippen molar-refractivity contribution in [2.24, 2.45) is 5.92 Å². The van der Waals surface area contributed by atoms with Crippen molar-refractivity contribution in [3.63, 3.8) is 0 Å². The lowest BCUT2D eigenvalue weighted by Crippen LogP contribution is -2.37. The van der Waals surface area contributed by atoms with Crippen LogP contribution in [0, 0.1) is 5.92 Å². The van der Waals surface area contributed by atoms with Crippen LogP contribution >= 0.6 is 0 Å². The maximum absolute atomic E-state index is 13.0. The van der Waals surface area contributed by atoms with Gasteiger partial charge in [-0.2, -0.15) is 8.42 Å². The second-order valence-corrected chi connectivity index (χ2v) is 8.35. The largest absolute Gasteiger partial charge is 0.493 e. The first kappa shape index (κ1) is 24.2. The average Bonchev–Trinajstić information content (AvgIpc) is 2.64. The molecule has 1 atom stereocenters. The van der Waals surface area contributed by atoms with E-state index < -0.39 is 10.1 Å². The third kappa shape index (κ3) is 8.06. The van der Waals surface area contributed by atoms with E-state index in [9.17, 15) is 13.2 Å². The predicted octanol–water partition coefficient (Wildman–Crippen LogP) is 3.23. The Morgan fingerprint density at radius 2 is 1.89 bits per heavy atom. The van der Waals surface area contributed by atoms with E-state index in [4.69, 9.17) is 13.7 Å². The van der Waals surface area contributed by atoms with Gasteiger partial charge in [-0.25, -0.2) is 0 Å². The third-order valence-corrected chi connectivity index (χ3v) is 4.95. The number of carbonyl (C=O) groups excluding carboxylic acids is 1. The molecule has 7 nitrogen and oxygen atoms in total. The highest BCUT2D eigenvalue weighted by molar-refractivity contribution is 7.86. The number of unbranched alkanes of at least 4 members (excludes halogenated alkanes) is 1. The van der Waals surface area contributed by atoms with Gasteiger partial charge in [0.15, 0.2) is 11.5 Å². The molecule has 0 N–H and O–H groups in total. The number of hydrogen-bond acceptors (Lipinski definition) is 6. The lowest BCUT2D eigenvalue weighted by atomic mass is 9.97. The molecule has 8 heteroatoms. The van der Waals surface area contributed by atoms with Gasteiger partial charge in [0, 0.05) is 26.1 Å². The third-order valence-electron chi connectivity index (χ3n) is 4.47. The molecule has 160 valence electrons. The van der Waals surface area contributed by atoms with Crippen LogP contribution in [0.25, 0.3) is 0 Å². The van der Waals surface area contributed by atoms with Crippen LogP contribution in [0.5, 0.6) is 11.5 Å². The van der Waals surface area contributed by atoms with Crippen molar-refractivity contribution in [3.05, 3.63) is 23.8 Å². The molecule has 0 spiro atoms. The molecule has 1 amide bonds. The van der Waals surface area contributed by atoms with Crippen LogP contribution in [0.1, 0.15) is 45.1 Å². The normalized spacial score (nSPS) is 12.5. The minimum atomic E-state index is -3.69. The van der Waals surface area contributed by atoms with E-state index in [1.165, 1.54) is 7.11 Å². The highest BCUT2D eigenvalue weighted by atomic mass is 32.2. The summed E-state index contributed by atoms with van der Waals surface area (Å²) < 4.78 is 38.4. The van der Waals surface area contributed by atoms with Gasteiger partial charge in [-0.15, -0.1) is 0 Å². The fourth-order valence-corrected chi connectivity index (χ4v) is 3.40. The second-order valence-electron chi connectivity index (χ2n) is 6.77. The minimum Gasteiger partial charge on any atom is -0.493 e. The van der Waals surface area contributed by atoms with E-state index in [1.807, 2.05) is 6.92 Å². The van der Waals surface area contributed by atoms with Gasteiger partial charge >= 0.3 is 10.1 Å². The monoisotopic (exact) mass is 415 g/mol. The lowest BCUT2D eigenvalue weighted by Gasteiger charge is -2.27. The highest BCUT2D eigenvalue weighted by Gasteiger charge is 2.23. The van der Waals surface area contributed by atoms with Crippen molar-refractivity contribution in [1.29, 1.82) is 0 Å². The Kier molecular flexibility index (Phi) is 10.3. The van der Waals surface area contributed by atoms with Crippen LogP contribution in [0.2, 0.25) is 0 Å². The Labute approximate surface area is 169 Å². The van der Waals surface area contributed by atoms with E-state index in [0.717, 1.165) is 37.5 Å². The average molecular weight is 416 g/mol. The number of benzene rings is 1. The maximum atomic E-state index is 13.0. The van der Waals surface area contributed by atoms with Crippen LogP contribution in [-0.2, 0) is 26.2 Å². The Balaban J connectivity index is 3.07. The zero-order valence-electron chi connectivity index (χ0n) is 17.6. The topological polar surface area (TPSA) is 82.1 Å². The quantitative estimate of drug-likeness (QED) is 0.460. The van der Waals surface area contributed by atoms with Gasteiger partial charge in [0.25, 0.3) is 0 Å². The molecule has 1 aromatic carbocycles. The Bertz CT molecular complexity index is 719. The summed E-state index contributed by atoms with van der Waals surface area (Å²) in [6.07, 6.45) is 4.69. The van der Waals surface area contributed by atoms with Gasteiger partial charge in [0.1, 0.15) is 0 Å². The number of hydrogen-bond donors (Lipinski definition) is 0. The first-order chi connectivity index (χ1) is 13.3. The summed E-state index contributed by atoms with van der Waals surface area (Å²) in [5.41, 5.74) is 0.759. The first-order valence-electron chi connectivity index (χ1n) is 9.59. The lowest BCUT2D eigenvalue weighted by molar-refractivity contribution is -0.137. The van der Waals surface area contributed by atoms with Crippen LogP contribution in [0.4, 0.5) is 0 Å². The van der Waals surface area contributed by atoms with E-state index in [0.29, 0.717) is 25.4 Å². The van der Waals surface area contributed by atoms with E-state index in [1.54, 1.807) is 30.2 Å². The molecule has 28 heavy (non-hydrogen) atoms. The fourth-order valence-electron chi connectivity index (χ4n) is 2.95. The number of nitrogens with zero attached hydrogens (tertiary/aromatic N) is 1. The van der Waals surface area contributed by atoms with Crippen LogP contribution in [0.15, 0.2) is 18.2 Å². The zero-order valence-corrected chi connectivity index (χ0v) is 18.4. The molecule has 0 aliphatic rings. The minimum absolute atomic E-state index is 0.0261. The van der Waals surface area contributed by atoms with Crippen molar-refractivity contribution >= 4 is 16.0 Å². The summed E-state index contributed by atoms with van der Waals surface area (Å²) >= 11 is 0. The molecular formula is C20H33NO6S. The van der Waals surface area contributed by atoms with Gasteiger partial charge in [0.2, 0.25) is 5.91 Å². The molecule has 0 saturated heterocycles. The van der Waals surface area contributed by atoms with Gasteiger partial charge in [-0.3, -0.25) is 4.79 Å². The number of rotatable bonds is 13. The highest BCUT2D eigenvalue weighted by Crippen LogP contribution is 2.30. The Hall–Kier alpha value is -1.80. The SMILES string of the molecule is CCCC[C@H](CC)C(=O)N(CCOC)Cc1ccc(OC)c(OS(C)(=O)=O)c1. The summed E-state index contributed by atoms with van der Waals surface area (Å²) in [6.45, 7) is 5.37. The van der Waals surface area contributed by atoms with Crippen LogP contribution in [-0.4, -0.2) is 52.9 Å².